The Balaban J connectivity index is 1.89. The Morgan fingerprint density at radius 1 is 1.19 bits per heavy atom. The Hall–Kier alpha value is -2.81. The monoisotopic (exact) mass is 452 g/mol. The SMILES string of the molecule is COC(=O)c1cc(-c2ccc(F)c(F)c2)sc1NC(=O)[C@@H]1CC[C@@H](C)C[C@@H]1OC(C)=[OH+]. The van der Waals surface area contributed by atoms with E-state index in [1.807, 2.05) is 0 Å². The van der Waals surface area contributed by atoms with Gasteiger partial charge in [0.05, 0.1) is 19.6 Å². The Morgan fingerprint density at radius 3 is 2.58 bits per heavy atom. The number of methoxy groups -OCH3 is 1. The lowest BCUT2D eigenvalue weighted by Crippen LogP contribution is -2.40. The molecule has 1 fully saturated rings. The average Bonchev–Trinajstić information content (AvgIpc) is 3.12. The zero-order valence-corrected chi connectivity index (χ0v) is 18.2. The fourth-order valence-corrected chi connectivity index (χ4v) is 4.76. The highest BCUT2D eigenvalue weighted by atomic mass is 32.1. The molecule has 0 unspecified atom stereocenters. The van der Waals surface area contributed by atoms with Crippen molar-refractivity contribution in [3.05, 3.63) is 41.5 Å². The third-order valence-electron chi connectivity index (χ3n) is 5.29. The van der Waals surface area contributed by atoms with Gasteiger partial charge in [0.25, 0.3) is 0 Å². The number of esters is 2. The summed E-state index contributed by atoms with van der Waals surface area (Å²) < 4.78 is 37.2. The number of thiophene rings is 1. The number of carbonyl (C=O) groups excluding carboxylic acids is 3. The summed E-state index contributed by atoms with van der Waals surface area (Å²) in [7, 11) is 1.22. The molecule has 2 N–H and O–H groups in total. The summed E-state index contributed by atoms with van der Waals surface area (Å²) in [5.41, 5.74) is 0.486. The highest BCUT2D eigenvalue weighted by Crippen LogP contribution is 2.38. The molecule has 1 amide bonds. The first-order valence-electron chi connectivity index (χ1n) is 9.87. The molecule has 1 aromatic carbocycles. The van der Waals surface area contributed by atoms with Gasteiger partial charge in [-0.25, -0.2) is 13.6 Å². The van der Waals surface area contributed by atoms with Crippen molar-refractivity contribution in [2.75, 3.05) is 12.4 Å². The summed E-state index contributed by atoms with van der Waals surface area (Å²) in [6, 6.07) is 4.89. The molecule has 6 nitrogen and oxygen atoms in total. The van der Waals surface area contributed by atoms with E-state index in [0.717, 1.165) is 29.9 Å². The number of rotatable bonds is 5. The number of anilines is 1. The fourth-order valence-electron chi connectivity index (χ4n) is 3.72. The highest BCUT2D eigenvalue weighted by molar-refractivity contribution is 7.20. The van der Waals surface area contributed by atoms with E-state index in [1.54, 1.807) is 0 Å². The first kappa shape index (κ1) is 22.9. The second-order valence-corrected chi connectivity index (χ2v) is 8.72. The van der Waals surface area contributed by atoms with E-state index in [9.17, 15) is 23.2 Å². The number of halogens is 2. The minimum atomic E-state index is -1.01. The molecule has 1 aliphatic rings. The highest BCUT2D eigenvalue weighted by Gasteiger charge is 2.40. The number of ether oxygens (including phenoxy) is 2. The van der Waals surface area contributed by atoms with Crippen LogP contribution in [0.5, 0.6) is 0 Å². The van der Waals surface area contributed by atoms with Gasteiger partial charge in [-0.2, -0.15) is 0 Å². The van der Waals surface area contributed by atoms with Crippen LogP contribution in [0.25, 0.3) is 10.4 Å². The lowest BCUT2D eigenvalue weighted by atomic mass is 9.80. The molecule has 166 valence electrons. The predicted octanol–water partition coefficient (Wildman–Crippen LogP) is 4.76. The molecule has 9 heteroatoms. The molecule has 3 rings (SSSR count). The molecule has 3 atom stereocenters. The van der Waals surface area contributed by atoms with Crippen LogP contribution in [0.15, 0.2) is 24.3 Å². The van der Waals surface area contributed by atoms with Gasteiger partial charge in [-0.1, -0.05) is 13.0 Å². The standard InChI is InChI=1S/C22H23F2NO5S/c1-11-4-6-14(18(8-11)30-12(2)26)20(27)25-21-15(22(28)29-3)10-19(31-21)13-5-7-16(23)17(24)9-13/h5,7,9-11,14,18H,4,6,8H2,1-3H3,(H,25,27)/p+1/t11-,14-,18+/m1/s1. The molecule has 0 saturated heterocycles. The van der Waals surface area contributed by atoms with Gasteiger partial charge in [-0.05, 0) is 42.5 Å². The average molecular weight is 452 g/mol. The van der Waals surface area contributed by atoms with Crippen molar-refractivity contribution in [2.45, 2.75) is 39.2 Å². The maximum absolute atomic E-state index is 13.7. The van der Waals surface area contributed by atoms with E-state index in [0.29, 0.717) is 29.2 Å². The van der Waals surface area contributed by atoms with Gasteiger partial charge >= 0.3 is 11.9 Å². The molecule has 31 heavy (non-hydrogen) atoms. The zero-order valence-electron chi connectivity index (χ0n) is 17.4. The predicted molar refractivity (Wildman–Crippen MR) is 114 cm³/mol. The van der Waals surface area contributed by atoms with Crippen LogP contribution < -0.4 is 5.32 Å². The van der Waals surface area contributed by atoms with Crippen molar-refractivity contribution in [3.8, 4) is 10.4 Å². The van der Waals surface area contributed by atoms with E-state index >= 15 is 0 Å². The van der Waals surface area contributed by atoms with Crippen LogP contribution >= 0.6 is 11.3 Å². The lowest BCUT2D eigenvalue weighted by molar-refractivity contribution is -0.125. The Bertz CT molecular complexity index is 1010. The molecule has 1 heterocycles. The van der Waals surface area contributed by atoms with Gasteiger partial charge in [-0.3, -0.25) is 4.79 Å². The van der Waals surface area contributed by atoms with E-state index < -0.39 is 29.6 Å². The number of amides is 1. The van der Waals surface area contributed by atoms with Crippen molar-refractivity contribution < 1.29 is 32.6 Å². The molecular weight excluding hydrogens is 428 g/mol. The van der Waals surface area contributed by atoms with Crippen LogP contribution in [0, 0.1) is 23.5 Å². The van der Waals surface area contributed by atoms with Crippen LogP contribution in [-0.2, 0) is 14.3 Å². The fraction of sp³-hybridized carbons (Fsp3) is 0.409. The molecule has 0 aliphatic heterocycles. The van der Waals surface area contributed by atoms with Crippen LogP contribution in [-0.4, -0.2) is 35.9 Å². The first-order chi connectivity index (χ1) is 14.7. The summed E-state index contributed by atoms with van der Waals surface area (Å²) in [5.74, 6) is -3.37. The maximum Gasteiger partial charge on any atom is 0.479 e. The summed E-state index contributed by atoms with van der Waals surface area (Å²) in [5, 5.41) is 3.02. The normalized spacial score (nSPS) is 20.7. The van der Waals surface area contributed by atoms with Gasteiger partial charge in [0, 0.05) is 11.3 Å². The molecule has 1 aliphatic carbocycles. The maximum atomic E-state index is 13.7. The van der Waals surface area contributed by atoms with Gasteiger partial charge in [-0.15, -0.1) is 11.3 Å². The molecule has 0 bridgehead atoms. The Kier molecular flexibility index (Phi) is 7.04. The van der Waals surface area contributed by atoms with Crippen LogP contribution in [0.4, 0.5) is 13.8 Å². The second kappa shape index (κ2) is 9.55. The summed E-state index contributed by atoms with van der Waals surface area (Å²) in [6.07, 6.45) is 1.53. The molecule has 0 radical (unpaired) electrons. The van der Waals surface area contributed by atoms with E-state index in [-0.39, 0.29) is 22.4 Å². The number of hydrogen-bond acceptors (Lipinski definition) is 5. The smallest absolute Gasteiger partial charge is 0.465 e. The van der Waals surface area contributed by atoms with Crippen LogP contribution in [0.1, 0.15) is 43.5 Å². The quantitative estimate of drug-likeness (QED) is 0.523. The second-order valence-electron chi connectivity index (χ2n) is 7.66. The van der Waals surface area contributed by atoms with Crippen molar-refractivity contribution in [1.82, 2.24) is 0 Å². The molecule has 1 saturated carbocycles. The van der Waals surface area contributed by atoms with Crippen molar-refractivity contribution >= 4 is 34.2 Å². The van der Waals surface area contributed by atoms with Gasteiger partial charge in [0.2, 0.25) is 12.0 Å². The third-order valence-corrected chi connectivity index (χ3v) is 6.39. The molecule has 1 aromatic heterocycles. The zero-order chi connectivity index (χ0) is 22.7. The van der Waals surface area contributed by atoms with E-state index in [2.05, 4.69) is 12.2 Å². The lowest BCUT2D eigenvalue weighted by Gasteiger charge is -2.29. The molecule has 0 spiro atoms. The topological polar surface area (TPSA) is 86.0 Å². The van der Waals surface area contributed by atoms with Crippen LogP contribution in [0.2, 0.25) is 0 Å². The van der Waals surface area contributed by atoms with E-state index in [4.69, 9.17) is 9.47 Å². The number of hydrogen-bond donors (Lipinski definition) is 1. The Morgan fingerprint density at radius 2 is 1.94 bits per heavy atom. The van der Waals surface area contributed by atoms with Crippen molar-refractivity contribution in [1.29, 1.82) is 0 Å². The first-order valence-corrected chi connectivity index (χ1v) is 10.7. The Labute approximate surface area is 182 Å². The third kappa shape index (κ3) is 5.28. The number of nitrogens with one attached hydrogen (secondary N) is 1. The van der Waals surface area contributed by atoms with Crippen molar-refractivity contribution in [3.63, 3.8) is 0 Å². The van der Waals surface area contributed by atoms with Gasteiger partial charge < -0.3 is 19.6 Å². The summed E-state index contributed by atoms with van der Waals surface area (Å²) in [6.45, 7) is 3.47. The summed E-state index contributed by atoms with van der Waals surface area (Å²) in [4.78, 5) is 35.3. The molecular formula is C22H24F2NO5S+. The number of carbonyl (C=O) groups is 2. The van der Waals surface area contributed by atoms with Gasteiger partial charge in [0.1, 0.15) is 10.9 Å². The number of benzene rings is 1. The minimum Gasteiger partial charge on any atom is -0.465 e. The largest absolute Gasteiger partial charge is 0.479 e. The molecule has 2 aromatic rings. The summed E-state index contributed by atoms with van der Waals surface area (Å²) >= 11 is 1.06. The van der Waals surface area contributed by atoms with E-state index in [1.165, 1.54) is 26.2 Å². The minimum absolute atomic E-state index is 0.118. The van der Waals surface area contributed by atoms with Crippen LogP contribution in [0.3, 0.4) is 0 Å². The van der Waals surface area contributed by atoms with Crippen molar-refractivity contribution in [2.24, 2.45) is 11.8 Å². The van der Waals surface area contributed by atoms with Gasteiger partial charge in [0.15, 0.2) is 11.6 Å².